The second kappa shape index (κ2) is 4.03. The van der Waals surface area contributed by atoms with Gasteiger partial charge in [0.2, 0.25) is 0 Å². The molecule has 2 rings (SSSR count). The molecule has 0 saturated carbocycles. The number of nitrogens with two attached hydrogens (primary N) is 1. The predicted octanol–water partition coefficient (Wildman–Crippen LogP) is 2.21. The maximum Gasteiger partial charge on any atom is 0.0539 e. The Morgan fingerprint density at radius 1 is 0.929 bits per heavy atom. The maximum atomic E-state index is 5.48. The van der Waals surface area contributed by atoms with E-state index in [1.165, 1.54) is 5.56 Å². The van der Waals surface area contributed by atoms with Gasteiger partial charge in [-0.2, -0.15) is 0 Å². The van der Waals surface area contributed by atoms with Crippen molar-refractivity contribution >= 4 is 0 Å². The quantitative estimate of drug-likeness (QED) is 0.777. The largest absolute Gasteiger partial charge is 0.325 e. The first-order chi connectivity index (χ1) is 6.90. The van der Waals surface area contributed by atoms with Gasteiger partial charge in [-0.1, -0.05) is 36.4 Å². The molecule has 1 aromatic carbocycles. The van der Waals surface area contributed by atoms with Gasteiger partial charge in [-0.25, -0.2) is 0 Å². The highest BCUT2D eigenvalue weighted by atomic mass is 14.7. The summed E-state index contributed by atoms with van der Waals surface area (Å²) in [7, 11) is 0. The van der Waals surface area contributed by atoms with Crippen LogP contribution in [0.3, 0.4) is 0 Å². The van der Waals surface area contributed by atoms with E-state index in [0.717, 1.165) is 11.3 Å². The summed E-state index contributed by atoms with van der Waals surface area (Å²) < 4.78 is 0. The van der Waals surface area contributed by atoms with Crippen LogP contribution in [0.15, 0.2) is 48.7 Å². The van der Waals surface area contributed by atoms with Crippen molar-refractivity contribution in [2.45, 2.75) is 6.54 Å². The van der Waals surface area contributed by atoms with E-state index in [9.17, 15) is 0 Å². The Morgan fingerprint density at radius 3 is 2.29 bits per heavy atom. The summed E-state index contributed by atoms with van der Waals surface area (Å²) in [6, 6.07) is 14.2. The molecule has 2 aromatic rings. The van der Waals surface area contributed by atoms with Gasteiger partial charge in [-0.3, -0.25) is 4.98 Å². The molecule has 0 bridgehead atoms. The average Bonchev–Trinajstić information content (AvgIpc) is 2.30. The predicted molar refractivity (Wildman–Crippen MR) is 57.6 cm³/mol. The molecular formula is C12H12N2. The third-order valence-corrected chi connectivity index (χ3v) is 2.14. The molecule has 1 heterocycles. The van der Waals surface area contributed by atoms with Crippen molar-refractivity contribution in [1.82, 2.24) is 4.98 Å². The molecule has 14 heavy (non-hydrogen) atoms. The molecule has 0 spiro atoms. The van der Waals surface area contributed by atoms with E-state index < -0.39 is 0 Å². The third-order valence-electron chi connectivity index (χ3n) is 2.14. The minimum absolute atomic E-state index is 0.495. The van der Waals surface area contributed by atoms with E-state index in [0.29, 0.717) is 6.54 Å². The highest BCUT2D eigenvalue weighted by Gasteiger charge is 1.96. The molecule has 0 aliphatic rings. The van der Waals surface area contributed by atoms with Gasteiger partial charge in [0.1, 0.15) is 0 Å². The Morgan fingerprint density at radius 2 is 1.71 bits per heavy atom. The Balaban J connectivity index is 2.34. The molecule has 1 aromatic heterocycles. The molecule has 0 aliphatic heterocycles. The van der Waals surface area contributed by atoms with Gasteiger partial charge in [0.05, 0.1) is 5.69 Å². The van der Waals surface area contributed by atoms with Gasteiger partial charge in [-0.15, -0.1) is 0 Å². The monoisotopic (exact) mass is 184 g/mol. The van der Waals surface area contributed by atoms with Crippen LogP contribution in [0.2, 0.25) is 0 Å². The molecule has 2 N–H and O–H groups in total. The minimum atomic E-state index is 0.495. The number of aromatic nitrogens is 1. The van der Waals surface area contributed by atoms with Crippen LogP contribution in [0.4, 0.5) is 0 Å². The lowest BCUT2D eigenvalue weighted by atomic mass is 10.1. The van der Waals surface area contributed by atoms with Crippen LogP contribution >= 0.6 is 0 Å². The topological polar surface area (TPSA) is 38.9 Å². The molecule has 0 atom stereocenters. The van der Waals surface area contributed by atoms with Gasteiger partial charge in [0.15, 0.2) is 0 Å². The molecule has 0 amide bonds. The number of hydrogen-bond donors (Lipinski definition) is 1. The van der Waals surface area contributed by atoms with E-state index in [1.54, 1.807) is 0 Å². The minimum Gasteiger partial charge on any atom is -0.325 e. The number of pyridine rings is 1. The van der Waals surface area contributed by atoms with E-state index in [-0.39, 0.29) is 0 Å². The second-order valence-electron chi connectivity index (χ2n) is 3.11. The van der Waals surface area contributed by atoms with E-state index >= 15 is 0 Å². The lowest BCUT2D eigenvalue weighted by Gasteiger charge is -2.01. The summed E-state index contributed by atoms with van der Waals surface area (Å²) in [6.07, 6.45) is 1.86. The van der Waals surface area contributed by atoms with E-state index in [4.69, 9.17) is 5.73 Å². The molecule has 2 nitrogen and oxygen atoms in total. The first kappa shape index (κ1) is 8.91. The van der Waals surface area contributed by atoms with Gasteiger partial charge in [0, 0.05) is 18.3 Å². The molecular weight excluding hydrogens is 172 g/mol. The highest BCUT2D eigenvalue weighted by Crippen LogP contribution is 2.17. The van der Waals surface area contributed by atoms with Crippen molar-refractivity contribution in [3.8, 4) is 11.1 Å². The molecule has 0 fully saturated rings. The van der Waals surface area contributed by atoms with Crippen LogP contribution in [0.25, 0.3) is 11.1 Å². The first-order valence-electron chi connectivity index (χ1n) is 4.60. The zero-order chi connectivity index (χ0) is 9.80. The average molecular weight is 184 g/mol. The molecule has 2 heteroatoms. The maximum absolute atomic E-state index is 5.48. The molecule has 0 saturated heterocycles. The zero-order valence-electron chi connectivity index (χ0n) is 7.85. The highest BCUT2D eigenvalue weighted by molar-refractivity contribution is 5.62. The summed E-state index contributed by atoms with van der Waals surface area (Å²) in [5.41, 5.74) is 8.71. The van der Waals surface area contributed by atoms with Gasteiger partial charge >= 0.3 is 0 Å². The number of benzene rings is 1. The smallest absolute Gasteiger partial charge is 0.0539 e. The van der Waals surface area contributed by atoms with Crippen LogP contribution in [-0.2, 0) is 6.54 Å². The Labute approximate surface area is 83.4 Å². The second-order valence-corrected chi connectivity index (χ2v) is 3.11. The van der Waals surface area contributed by atoms with Crippen molar-refractivity contribution in [1.29, 1.82) is 0 Å². The Kier molecular flexibility index (Phi) is 2.56. The van der Waals surface area contributed by atoms with Crippen LogP contribution in [0, 0.1) is 0 Å². The standard InChI is InChI=1S/C12H12N2/c13-8-12-7-6-11(9-14-12)10-4-2-1-3-5-10/h1-7,9H,8,13H2. The van der Waals surface area contributed by atoms with E-state index in [1.807, 2.05) is 36.5 Å². The lowest BCUT2D eigenvalue weighted by molar-refractivity contribution is 0.991. The normalized spacial score (nSPS) is 10.1. The number of rotatable bonds is 2. The zero-order valence-corrected chi connectivity index (χ0v) is 7.85. The summed E-state index contributed by atoms with van der Waals surface area (Å²) in [5.74, 6) is 0. The van der Waals surface area contributed by atoms with Crippen molar-refractivity contribution < 1.29 is 0 Å². The molecule has 0 radical (unpaired) electrons. The summed E-state index contributed by atoms with van der Waals surface area (Å²) in [5, 5.41) is 0. The van der Waals surface area contributed by atoms with Crippen LogP contribution < -0.4 is 5.73 Å². The fourth-order valence-electron chi connectivity index (χ4n) is 1.35. The summed E-state index contributed by atoms with van der Waals surface area (Å²) in [4.78, 5) is 4.25. The van der Waals surface area contributed by atoms with Gasteiger partial charge in [0.25, 0.3) is 0 Å². The fourth-order valence-corrected chi connectivity index (χ4v) is 1.35. The number of nitrogens with zero attached hydrogens (tertiary/aromatic N) is 1. The van der Waals surface area contributed by atoms with Crippen molar-refractivity contribution in [2.75, 3.05) is 0 Å². The number of hydrogen-bond acceptors (Lipinski definition) is 2. The Bertz CT molecular complexity index is 392. The van der Waals surface area contributed by atoms with E-state index in [2.05, 4.69) is 17.1 Å². The van der Waals surface area contributed by atoms with Gasteiger partial charge in [-0.05, 0) is 11.6 Å². The molecule has 0 aliphatic carbocycles. The van der Waals surface area contributed by atoms with Crippen LogP contribution in [-0.4, -0.2) is 4.98 Å². The Hall–Kier alpha value is -1.67. The molecule has 0 unspecified atom stereocenters. The SMILES string of the molecule is NCc1ccc(-c2ccccc2)cn1. The van der Waals surface area contributed by atoms with Crippen LogP contribution in [0.1, 0.15) is 5.69 Å². The molecule has 70 valence electrons. The van der Waals surface area contributed by atoms with Crippen molar-refractivity contribution in [3.63, 3.8) is 0 Å². The summed E-state index contributed by atoms with van der Waals surface area (Å²) in [6.45, 7) is 0.495. The van der Waals surface area contributed by atoms with Gasteiger partial charge < -0.3 is 5.73 Å². The lowest BCUT2D eigenvalue weighted by Crippen LogP contribution is -1.98. The first-order valence-corrected chi connectivity index (χ1v) is 4.60. The fraction of sp³-hybridized carbons (Fsp3) is 0.0833. The summed E-state index contributed by atoms with van der Waals surface area (Å²) >= 11 is 0. The third kappa shape index (κ3) is 1.80. The van der Waals surface area contributed by atoms with Crippen molar-refractivity contribution in [2.24, 2.45) is 5.73 Å². The van der Waals surface area contributed by atoms with Crippen LogP contribution in [0.5, 0.6) is 0 Å². The van der Waals surface area contributed by atoms with Crippen molar-refractivity contribution in [3.05, 3.63) is 54.4 Å².